The van der Waals surface area contributed by atoms with E-state index >= 15 is 0 Å². The van der Waals surface area contributed by atoms with Crippen LogP contribution in [0.3, 0.4) is 0 Å². The van der Waals surface area contributed by atoms with Gasteiger partial charge in [-0.25, -0.2) is 5.43 Å². The van der Waals surface area contributed by atoms with Crippen LogP contribution >= 0.6 is 0 Å². The van der Waals surface area contributed by atoms with Gasteiger partial charge in [0.25, 0.3) is 0 Å². The highest BCUT2D eigenvalue weighted by Crippen LogP contribution is 2.17. The number of ether oxygens (including phenoxy) is 2. The van der Waals surface area contributed by atoms with Gasteiger partial charge in [0.05, 0.1) is 32.6 Å². The maximum absolute atomic E-state index is 5.47. The number of hydrogen-bond acceptors (Lipinski definition) is 10. The van der Waals surface area contributed by atoms with Gasteiger partial charge >= 0.3 is 0 Å². The average Bonchev–Trinajstić information content (AvgIpc) is 2.94. The zero-order chi connectivity index (χ0) is 23.7. The highest BCUT2D eigenvalue weighted by Gasteiger charge is 2.16. The Morgan fingerprint density at radius 3 is 2.14 bits per heavy atom. The molecule has 0 radical (unpaired) electrons. The third-order valence-electron chi connectivity index (χ3n) is 5.86. The highest BCUT2D eigenvalue weighted by molar-refractivity contribution is 5.80. The largest absolute Gasteiger partial charge is 0.378 e. The lowest BCUT2D eigenvalue weighted by Gasteiger charge is -2.28. The molecule has 10 nitrogen and oxygen atoms in total. The highest BCUT2D eigenvalue weighted by atomic mass is 16.5. The van der Waals surface area contributed by atoms with Gasteiger partial charge in [0, 0.05) is 38.4 Å². The SMILES string of the molecule is C(=NNc1nc(NCc2ccccc2)nc(N2CCOCC2)n1)c1ccc(N2CCOCC2)cc1. The summed E-state index contributed by atoms with van der Waals surface area (Å²) in [5, 5.41) is 7.67. The zero-order valence-electron chi connectivity index (χ0n) is 19.6. The molecule has 2 fully saturated rings. The van der Waals surface area contributed by atoms with Crippen molar-refractivity contribution >= 4 is 29.7 Å². The molecular weight excluding hydrogens is 444 g/mol. The molecule has 2 saturated heterocycles. The summed E-state index contributed by atoms with van der Waals surface area (Å²) in [4.78, 5) is 18.1. The normalized spacial score (nSPS) is 16.5. The number of benzene rings is 2. The topological polar surface area (TPSA) is 100 Å². The zero-order valence-corrected chi connectivity index (χ0v) is 19.6. The van der Waals surface area contributed by atoms with E-state index in [4.69, 9.17) is 9.47 Å². The van der Waals surface area contributed by atoms with Crippen LogP contribution in [0.1, 0.15) is 11.1 Å². The Labute approximate surface area is 205 Å². The van der Waals surface area contributed by atoms with Gasteiger partial charge < -0.3 is 24.6 Å². The van der Waals surface area contributed by atoms with Crippen LogP contribution < -0.4 is 20.5 Å². The predicted molar refractivity (Wildman–Crippen MR) is 137 cm³/mol. The molecule has 182 valence electrons. The Kier molecular flexibility index (Phi) is 7.61. The Hall–Kier alpha value is -3.76. The van der Waals surface area contributed by atoms with Gasteiger partial charge in [-0.3, -0.25) is 0 Å². The molecule has 0 aliphatic carbocycles. The van der Waals surface area contributed by atoms with E-state index in [9.17, 15) is 0 Å². The van der Waals surface area contributed by atoms with E-state index in [0.29, 0.717) is 37.6 Å². The number of hydrogen-bond donors (Lipinski definition) is 2. The fraction of sp³-hybridized carbons (Fsp3) is 0.360. The fourth-order valence-electron chi connectivity index (χ4n) is 3.93. The van der Waals surface area contributed by atoms with Crippen LogP contribution in [-0.2, 0) is 16.0 Å². The molecule has 1 aromatic heterocycles. The Balaban J connectivity index is 1.26. The van der Waals surface area contributed by atoms with Crippen LogP contribution in [0.5, 0.6) is 0 Å². The number of aromatic nitrogens is 3. The number of morpholine rings is 2. The Morgan fingerprint density at radius 1 is 0.771 bits per heavy atom. The monoisotopic (exact) mass is 474 g/mol. The van der Waals surface area contributed by atoms with Gasteiger partial charge in [0.15, 0.2) is 0 Å². The smallest absolute Gasteiger partial charge is 0.250 e. The summed E-state index contributed by atoms with van der Waals surface area (Å²) >= 11 is 0. The first-order chi connectivity index (χ1) is 17.3. The van der Waals surface area contributed by atoms with Crippen molar-refractivity contribution in [3.63, 3.8) is 0 Å². The lowest BCUT2D eigenvalue weighted by molar-refractivity contribution is 0.122. The molecule has 0 unspecified atom stereocenters. The fourth-order valence-corrected chi connectivity index (χ4v) is 3.93. The molecule has 2 aliphatic heterocycles. The molecular formula is C25H30N8O2. The number of nitrogens with zero attached hydrogens (tertiary/aromatic N) is 6. The molecule has 2 N–H and O–H groups in total. The maximum atomic E-state index is 5.47. The van der Waals surface area contributed by atoms with Gasteiger partial charge in [-0.15, -0.1) is 0 Å². The van der Waals surface area contributed by atoms with E-state index in [-0.39, 0.29) is 0 Å². The Morgan fingerprint density at radius 2 is 1.43 bits per heavy atom. The van der Waals surface area contributed by atoms with Crippen molar-refractivity contribution in [1.29, 1.82) is 0 Å². The molecule has 3 heterocycles. The van der Waals surface area contributed by atoms with Crippen molar-refractivity contribution in [1.82, 2.24) is 15.0 Å². The number of anilines is 4. The first-order valence-corrected chi connectivity index (χ1v) is 11.9. The van der Waals surface area contributed by atoms with Crippen molar-refractivity contribution in [3.05, 3.63) is 65.7 Å². The molecule has 0 atom stereocenters. The standard InChI is InChI=1S/C25H30N8O2/c1-2-4-20(5-3-1)18-26-23-28-24(30-25(29-23)33-12-16-35-17-13-33)31-27-19-21-6-8-22(9-7-21)32-10-14-34-15-11-32/h1-9,19H,10-18H2,(H2,26,28,29,30,31). The van der Waals surface area contributed by atoms with Crippen molar-refractivity contribution in [2.75, 3.05) is 73.1 Å². The minimum absolute atomic E-state index is 0.387. The molecule has 35 heavy (non-hydrogen) atoms. The molecule has 10 heteroatoms. The first-order valence-electron chi connectivity index (χ1n) is 11.9. The number of nitrogens with one attached hydrogen (secondary N) is 2. The van der Waals surface area contributed by atoms with Crippen molar-refractivity contribution < 1.29 is 9.47 Å². The molecule has 0 saturated carbocycles. The van der Waals surface area contributed by atoms with Crippen LogP contribution in [0, 0.1) is 0 Å². The molecule has 3 aromatic rings. The second-order valence-corrected chi connectivity index (χ2v) is 8.28. The van der Waals surface area contributed by atoms with Crippen LogP contribution in [0.25, 0.3) is 0 Å². The second-order valence-electron chi connectivity index (χ2n) is 8.28. The van der Waals surface area contributed by atoms with Crippen LogP contribution in [-0.4, -0.2) is 73.8 Å². The maximum Gasteiger partial charge on any atom is 0.250 e. The van der Waals surface area contributed by atoms with E-state index in [0.717, 1.165) is 50.5 Å². The van der Waals surface area contributed by atoms with E-state index < -0.39 is 0 Å². The van der Waals surface area contributed by atoms with Gasteiger partial charge in [0.2, 0.25) is 17.8 Å². The third-order valence-corrected chi connectivity index (χ3v) is 5.86. The Bertz CT molecular complexity index is 1100. The summed E-state index contributed by atoms with van der Waals surface area (Å²) < 4.78 is 10.9. The average molecular weight is 475 g/mol. The molecule has 2 aromatic carbocycles. The summed E-state index contributed by atoms with van der Waals surface area (Å²) in [5.41, 5.74) is 6.30. The van der Waals surface area contributed by atoms with Crippen molar-refractivity contribution in [3.8, 4) is 0 Å². The summed E-state index contributed by atoms with van der Waals surface area (Å²) in [6.45, 7) is 6.77. The number of rotatable bonds is 8. The predicted octanol–water partition coefficient (Wildman–Crippen LogP) is 2.60. The number of hydrazone groups is 1. The summed E-state index contributed by atoms with van der Waals surface area (Å²) in [6.07, 6.45) is 1.76. The molecule has 0 amide bonds. The van der Waals surface area contributed by atoms with Gasteiger partial charge in [-0.1, -0.05) is 42.5 Å². The van der Waals surface area contributed by atoms with Crippen LogP contribution in [0.2, 0.25) is 0 Å². The van der Waals surface area contributed by atoms with Gasteiger partial charge in [-0.05, 0) is 23.3 Å². The van der Waals surface area contributed by atoms with Gasteiger partial charge in [0.1, 0.15) is 0 Å². The van der Waals surface area contributed by atoms with Crippen LogP contribution in [0.15, 0.2) is 59.7 Å². The minimum atomic E-state index is 0.387. The molecule has 5 rings (SSSR count). The van der Waals surface area contributed by atoms with Crippen molar-refractivity contribution in [2.45, 2.75) is 6.54 Å². The summed E-state index contributed by atoms with van der Waals surface area (Å²) in [6, 6.07) is 18.5. The summed E-state index contributed by atoms with van der Waals surface area (Å²) in [5.74, 6) is 1.49. The van der Waals surface area contributed by atoms with Crippen molar-refractivity contribution in [2.24, 2.45) is 5.10 Å². The third kappa shape index (κ3) is 6.43. The summed E-state index contributed by atoms with van der Waals surface area (Å²) in [7, 11) is 0. The minimum Gasteiger partial charge on any atom is -0.378 e. The van der Waals surface area contributed by atoms with E-state index in [2.05, 4.69) is 77.0 Å². The first kappa shape index (κ1) is 23.0. The molecule has 0 bridgehead atoms. The quantitative estimate of drug-likeness (QED) is 0.377. The molecule has 0 spiro atoms. The van der Waals surface area contributed by atoms with Crippen LogP contribution in [0.4, 0.5) is 23.5 Å². The van der Waals surface area contributed by atoms with E-state index in [1.165, 1.54) is 5.69 Å². The van der Waals surface area contributed by atoms with E-state index in [1.54, 1.807) is 6.21 Å². The second kappa shape index (κ2) is 11.6. The lowest BCUT2D eigenvalue weighted by atomic mass is 10.2. The van der Waals surface area contributed by atoms with Gasteiger partial charge in [-0.2, -0.15) is 20.1 Å². The van der Waals surface area contributed by atoms with E-state index in [1.807, 2.05) is 18.2 Å². The molecule has 2 aliphatic rings. The lowest BCUT2D eigenvalue weighted by Crippen LogP contribution is -2.37.